The summed E-state index contributed by atoms with van der Waals surface area (Å²) in [6.07, 6.45) is 0. The lowest BCUT2D eigenvalue weighted by molar-refractivity contribution is -0.119. The standard InChI is InChI=1S/C29H36ClN5O3/c1-18(2)21-10-9-19(3)25(15-21)38-17-22-20(4)32-28(27-23(30)7-6-8-24(27)37-5)33-29(22)35-13-11-34(12-14-35)16-26(31)36/h6-10,15,18H,11-14,16-17H2,1-5H3,(H2,31,36). The molecular formula is C29H36ClN5O3. The van der Waals surface area contributed by atoms with Gasteiger partial charge in [-0.05, 0) is 49.1 Å². The number of piperazine rings is 1. The first-order valence-electron chi connectivity index (χ1n) is 12.9. The van der Waals surface area contributed by atoms with Crippen molar-refractivity contribution in [3.63, 3.8) is 0 Å². The smallest absolute Gasteiger partial charge is 0.231 e. The van der Waals surface area contributed by atoms with Crippen molar-refractivity contribution in [2.24, 2.45) is 5.73 Å². The average Bonchev–Trinajstić information content (AvgIpc) is 2.88. The van der Waals surface area contributed by atoms with E-state index in [1.807, 2.05) is 25.1 Å². The Morgan fingerprint density at radius 1 is 1.08 bits per heavy atom. The highest BCUT2D eigenvalue weighted by atomic mass is 35.5. The third-order valence-corrected chi connectivity index (χ3v) is 7.23. The predicted molar refractivity (Wildman–Crippen MR) is 151 cm³/mol. The molecule has 2 aromatic carbocycles. The van der Waals surface area contributed by atoms with Gasteiger partial charge in [0.25, 0.3) is 0 Å². The number of rotatable bonds is 9. The van der Waals surface area contributed by atoms with E-state index in [9.17, 15) is 4.79 Å². The molecule has 202 valence electrons. The molecule has 1 aliphatic rings. The molecular weight excluding hydrogens is 502 g/mol. The van der Waals surface area contributed by atoms with E-state index < -0.39 is 0 Å². The maximum atomic E-state index is 11.4. The topological polar surface area (TPSA) is 93.8 Å². The first-order chi connectivity index (χ1) is 18.2. The van der Waals surface area contributed by atoms with Crippen LogP contribution in [0.1, 0.15) is 42.1 Å². The van der Waals surface area contributed by atoms with Crippen LogP contribution in [0, 0.1) is 13.8 Å². The lowest BCUT2D eigenvalue weighted by Crippen LogP contribution is -2.49. The number of nitrogens with zero attached hydrogens (tertiary/aromatic N) is 4. The van der Waals surface area contributed by atoms with Crippen LogP contribution in [-0.4, -0.2) is 60.6 Å². The summed E-state index contributed by atoms with van der Waals surface area (Å²) in [5.74, 6) is 2.84. The van der Waals surface area contributed by atoms with E-state index in [1.165, 1.54) is 5.56 Å². The molecule has 0 spiro atoms. The summed E-state index contributed by atoms with van der Waals surface area (Å²) in [7, 11) is 1.61. The van der Waals surface area contributed by atoms with E-state index in [0.717, 1.165) is 28.4 Å². The van der Waals surface area contributed by atoms with Gasteiger partial charge in [0.2, 0.25) is 5.91 Å². The Bertz CT molecular complexity index is 1310. The minimum absolute atomic E-state index is 0.250. The Morgan fingerprint density at radius 3 is 2.47 bits per heavy atom. The van der Waals surface area contributed by atoms with Crippen LogP contribution in [0.25, 0.3) is 11.4 Å². The zero-order valence-electron chi connectivity index (χ0n) is 22.8. The molecule has 38 heavy (non-hydrogen) atoms. The largest absolute Gasteiger partial charge is 0.496 e. The summed E-state index contributed by atoms with van der Waals surface area (Å²) in [5, 5.41) is 0.520. The third-order valence-electron chi connectivity index (χ3n) is 6.91. The molecule has 1 fully saturated rings. The molecule has 2 N–H and O–H groups in total. The number of hydrogen-bond donors (Lipinski definition) is 1. The van der Waals surface area contributed by atoms with Gasteiger partial charge in [-0.3, -0.25) is 9.69 Å². The highest BCUT2D eigenvalue weighted by Gasteiger charge is 2.25. The van der Waals surface area contributed by atoms with Gasteiger partial charge in [0.1, 0.15) is 23.9 Å². The maximum Gasteiger partial charge on any atom is 0.231 e. The van der Waals surface area contributed by atoms with Gasteiger partial charge in [0.15, 0.2) is 5.82 Å². The molecule has 9 heteroatoms. The maximum absolute atomic E-state index is 11.4. The van der Waals surface area contributed by atoms with Crippen molar-refractivity contribution >= 4 is 23.3 Å². The van der Waals surface area contributed by atoms with Gasteiger partial charge in [-0.25, -0.2) is 9.97 Å². The molecule has 1 amide bonds. The quantitative estimate of drug-likeness (QED) is 0.421. The molecule has 0 saturated carbocycles. The fraction of sp³-hybridized carbons (Fsp3) is 0.414. The van der Waals surface area contributed by atoms with Crippen molar-refractivity contribution in [3.05, 3.63) is 63.8 Å². The number of amides is 1. The zero-order chi connectivity index (χ0) is 27.4. The number of nitrogens with two attached hydrogens (primary N) is 1. The van der Waals surface area contributed by atoms with E-state index in [1.54, 1.807) is 7.11 Å². The molecule has 0 atom stereocenters. The number of carbonyl (C=O) groups is 1. The van der Waals surface area contributed by atoms with Gasteiger partial charge in [-0.2, -0.15) is 0 Å². The molecule has 1 aliphatic heterocycles. The van der Waals surface area contributed by atoms with E-state index in [2.05, 4.69) is 48.8 Å². The van der Waals surface area contributed by atoms with Gasteiger partial charge in [0, 0.05) is 26.2 Å². The lowest BCUT2D eigenvalue weighted by Gasteiger charge is -2.36. The fourth-order valence-corrected chi connectivity index (χ4v) is 4.88. The molecule has 0 radical (unpaired) electrons. The minimum Gasteiger partial charge on any atom is -0.496 e. The number of benzene rings is 2. The Labute approximate surface area is 229 Å². The SMILES string of the molecule is COc1cccc(Cl)c1-c1nc(C)c(COc2cc(C(C)C)ccc2C)c(N2CCN(CC(N)=O)CC2)n1. The molecule has 8 nitrogen and oxygen atoms in total. The van der Waals surface area contributed by atoms with E-state index in [0.29, 0.717) is 60.9 Å². The first kappa shape index (κ1) is 27.7. The second-order valence-electron chi connectivity index (χ2n) is 9.95. The molecule has 2 heterocycles. The van der Waals surface area contributed by atoms with Crippen LogP contribution >= 0.6 is 11.6 Å². The highest BCUT2D eigenvalue weighted by Crippen LogP contribution is 2.37. The predicted octanol–water partition coefficient (Wildman–Crippen LogP) is 4.73. The van der Waals surface area contributed by atoms with Crippen LogP contribution in [0.3, 0.4) is 0 Å². The van der Waals surface area contributed by atoms with Gasteiger partial charge < -0.3 is 20.1 Å². The van der Waals surface area contributed by atoms with Crippen LogP contribution in [-0.2, 0) is 11.4 Å². The van der Waals surface area contributed by atoms with Crippen molar-refractivity contribution in [1.82, 2.24) is 14.9 Å². The number of aromatic nitrogens is 2. The lowest BCUT2D eigenvalue weighted by atomic mass is 10.0. The van der Waals surface area contributed by atoms with E-state index in [4.69, 9.17) is 36.8 Å². The zero-order valence-corrected chi connectivity index (χ0v) is 23.5. The third kappa shape index (κ3) is 6.19. The van der Waals surface area contributed by atoms with Crippen molar-refractivity contribution in [2.45, 2.75) is 40.2 Å². The van der Waals surface area contributed by atoms with Crippen molar-refractivity contribution in [2.75, 3.05) is 44.7 Å². The molecule has 0 aliphatic carbocycles. The summed E-state index contributed by atoms with van der Waals surface area (Å²) in [5.41, 5.74) is 10.1. The summed E-state index contributed by atoms with van der Waals surface area (Å²) in [6.45, 7) is 11.7. The normalized spacial score (nSPS) is 14.1. The second-order valence-corrected chi connectivity index (χ2v) is 10.4. The molecule has 1 saturated heterocycles. The summed E-state index contributed by atoms with van der Waals surface area (Å²) in [6, 6.07) is 11.9. The summed E-state index contributed by atoms with van der Waals surface area (Å²) < 4.78 is 12.0. The summed E-state index contributed by atoms with van der Waals surface area (Å²) >= 11 is 6.59. The van der Waals surface area contributed by atoms with Crippen LogP contribution in [0.4, 0.5) is 5.82 Å². The molecule has 1 aromatic heterocycles. The Balaban J connectivity index is 1.72. The summed E-state index contributed by atoms with van der Waals surface area (Å²) in [4.78, 5) is 25.6. The van der Waals surface area contributed by atoms with Crippen LogP contribution in [0.5, 0.6) is 11.5 Å². The number of carbonyl (C=O) groups excluding carboxylic acids is 1. The number of halogens is 1. The molecule has 0 unspecified atom stereocenters. The van der Waals surface area contributed by atoms with Crippen molar-refractivity contribution in [1.29, 1.82) is 0 Å². The molecule has 4 rings (SSSR count). The number of hydrogen-bond acceptors (Lipinski definition) is 7. The van der Waals surface area contributed by atoms with Gasteiger partial charge >= 0.3 is 0 Å². The number of aryl methyl sites for hydroxylation is 2. The van der Waals surface area contributed by atoms with Gasteiger partial charge in [-0.1, -0.05) is 43.6 Å². The highest BCUT2D eigenvalue weighted by molar-refractivity contribution is 6.33. The van der Waals surface area contributed by atoms with E-state index in [-0.39, 0.29) is 12.5 Å². The fourth-order valence-electron chi connectivity index (χ4n) is 4.63. The van der Waals surface area contributed by atoms with Crippen LogP contribution in [0.2, 0.25) is 5.02 Å². The number of anilines is 1. The number of methoxy groups -OCH3 is 1. The van der Waals surface area contributed by atoms with Crippen molar-refractivity contribution < 1.29 is 14.3 Å². The average molecular weight is 538 g/mol. The Hall–Kier alpha value is -3.36. The molecule has 0 bridgehead atoms. The Morgan fingerprint density at radius 2 is 1.82 bits per heavy atom. The second kappa shape index (κ2) is 12.0. The van der Waals surface area contributed by atoms with E-state index >= 15 is 0 Å². The van der Waals surface area contributed by atoms with Crippen LogP contribution in [0.15, 0.2) is 36.4 Å². The van der Waals surface area contributed by atoms with Gasteiger partial charge in [0.05, 0.1) is 35.5 Å². The van der Waals surface area contributed by atoms with Crippen LogP contribution < -0.4 is 20.1 Å². The monoisotopic (exact) mass is 537 g/mol. The molecule has 3 aromatic rings. The minimum atomic E-state index is -0.322. The number of ether oxygens (including phenoxy) is 2. The Kier molecular flexibility index (Phi) is 8.74. The van der Waals surface area contributed by atoms with Crippen molar-refractivity contribution in [3.8, 4) is 22.9 Å². The number of primary amides is 1. The first-order valence-corrected chi connectivity index (χ1v) is 13.2. The van der Waals surface area contributed by atoms with Gasteiger partial charge in [-0.15, -0.1) is 0 Å².